The maximum Gasteiger partial charge on any atom is 0.303 e. The van der Waals surface area contributed by atoms with E-state index in [1.165, 1.54) is 12.8 Å². The Bertz CT molecular complexity index is 132. The zero-order valence-corrected chi connectivity index (χ0v) is 8.34. The van der Waals surface area contributed by atoms with Crippen LogP contribution in [0.3, 0.4) is 0 Å². The molecule has 0 aromatic rings. The van der Waals surface area contributed by atoms with Crippen LogP contribution in [-0.2, 0) is 4.79 Å². The van der Waals surface area contributed by atoms with Crippen LogP contribution in [0.5, 0.6) is 0 Å². The van der Waals surface area contributed by atoms with Crippen molar-refractivity contribution in [1.29, 1.82) is 0 Å². The Morgan fingerprint density at radius 1 is 1.33 bits per heavy atom. The molecule has 0 saturated heterocycles. The molecule has 1 N–H and O–H groups in total. The van der Waals surface area contributed by atoms with E-state index in [0.29, 0.717) is 18.3 Å². The minimum Gasteiger partial charge on any atom is -0.481 e. The lowest BCUT2D eigenvalue weighted by atomic mass is 9.92. The van der Waals surface area contributed by atoms with Gasteiger partial charge in [-0.3, -0.25) is 4.79 Å². The normalized spacial score (nSPS) is 15.6. The lowest BCUT2D eigenvalue weighted by molar-refractivity contribution is -0.138. The van der Waals surface area contributed by atoms with Crippen LogP contribution in [0.2, 0.25) is 0 Å². The van der Waals surface area contributed by atoms with E-state index in [1.807, 2.05) is 6.92 Å². The van der Waals surface area contributed by atoms with Crippen LogP contribution in [0, 0.1) is 11.8 Å². The van der Waals surface area contributed by atoms with Crippen LogP contribution in [0.15, 0.2) is 0 Å². The zero-order valence-electron chi connectivity index (χ0n) is 8.34. The maximum absolute atomic E-state index is 10.3. The van der Waals surface area contributed by atoms with E-state index < -0.39 is 5.97 Å². The third kappa shape index (κ3) is 6.20. The first kappa shape index (κ1) is 11.5. The molecular weight excluding hydrogens is 152 g/mol. The molecule has 0 aliphatic heterocycles. The van der Waals surface area contributed by atoms with Crippen LogP contribution in [0.1, 0.15) is 46.5 Å². The van der Waals surface area contributed by atoms with Crippen LogP contribution >= 0.6 is 0 Å². The summed E-state index contributed by atoms with van der Waals surface area (Å²) in [4.78, 5) is 10.3. The van der Waals surface area contributed by atoms with E-state index in [1.54, 1.807) is 0 Å². The van der Waals surface area contributed by atoms with Crippen LogP contribution < -0.4 is 0 Å². The zero-order chi connectivity index (χ0) is 9.56. The van der Waals surface area contributed by atoms with Gasteiger partial charge in [0.15, 0.2) is 0 Å². The van der Waals surface area contributed by atoms with Gasteiger partial charge in [0.2, 0.25) is 0 Å². The highest BCUT2D eigenvalue weighted by Gasteiger charge is 2.10. The van der Waals surface area contributed by atoms with Crippen molar-refractivity contribution in [3.05, 3.63) is 0 Å². The molecule has 0 rings (SSSR count). The van der Waals surface area contributed by atoms with Gasteiger partial charge in [0.25, 0.3) is 0 Å². The molecular formula is C10H20O2. The number of aliphatic carboxylic acids is 1. The highest BCUT2D eigenvalue weighted by atomic mass is 16.4. The molecule has 0 aliphatic carbocycles. The molecule has 0 heterocycles. The van der Waals surface area contributed by atoms with Crippen LogP contribution in [0.25, 0.3) is 0 Å². The number of hydrogen-bond donors (Lipinski definition) is 1. The number of carboxylic acid groups (broad SMARTS) is 1. The summed E-state index contributed by atoms with van der Waals surface area (Å²) in [6.07, 6.45) is 3.76. The van der Waals surface area contributed by atoms with E-state index in [2.05, 4.69) is 13.8 Å². The molecule has 0 spiro atoms. The second kappa shape index (κ2) is 6.04. The van der Waals surface area contributed by atoms with Crippen molar-refractivity contribution in [2.45, 2.75) is 46.5 Å². The summed E-state index contributed by atoms with van der Waals surface area (Å²) in [7, 11) is 0. The summed E-state index contributed by atoms with van der Waals surface area (Å²) >= 11 is 0. The standard InChI is InChI=1S/C10H20O2/c1-4-5-8(2)6-9(3)7-10(11)12/h8-9H,4-7H2,1-3H3,(H,11,12). The summed E-state index contributed by atoms with van der Waals surface area (Å²) in [6, 6.07) is 0. The smallest absolute Gasteiger partial charge is 0.303 e. The predicted octanol–water partition coefficient (Wildman–Crippen LogP) is 2.92. The Morgan fingerprint density at radius 3 is 2.33 bits per heavy atom. The minimum absolute atomic E-state index is 0.314. The first-order valence-electron chi connectivity index (χ1n) is 4.78. The summed E-state index contributed by atoms with van der Waals surface area (Å²) in [5.41, 5.74) is 0. The highest BCUT2D eigenvalue weighted by molar-refractivity contribution is 5.66. The Morgan fingerprint density at radius 2 is 1.92 bits per heavy atom. The molecule has 0 aromatic carbocycles. The fourth-order valence-electron chi connectivity index (χ4n) is 1.68. The van der Waals surface area contributed by atoms with Gasteiger partial charge in [0.05, 0.1) is 0 Å². The van der Waals surface area contributed by atoms with E-state index >= 15 is 0 Å². The second-order valence-electron chi connectivity index (χ2n) is 3.83. The molecule has 2 heteroatoms. The largest absolute Gasteiger partial charge is 0.481 e. The third-order valence-corrected chi connectivity index (χ3v) is 2.11. The van der Waals surface area contributed by atoms with Gasteiger partial charge in [-0.15, -0.1) is 0 Å². The van der Waals surface area contributed by atoms with Crippen LogP contribution in [-0.4, -0.2) is 11.1 Å². The molecule has 0 radical (unpaired) electrons. The topological polar surface area (TPSA) is 37.3 Å². The summed E-state index contributed by atoms with van der Waals surface area (Å²) in [6.45, 7) is 6.38. The lowest BCUT2D eigenvalue weighted by Crippen LogP contribution is -2.08. The quantitative estimate of drug-likeness (QED) is 0.668. The fourth-order valence-corrected chi connectivity index (χ4v) is 1.68. The average molecular weight is 172 g/mol. The molecule has 0 aromatic heterocycles. The fraction of sp³-hybridized carbons (Fsp3) is 0.900. The molecule has 2 nitrogen and oxygen atoms in total. The van der Waals surface area contributed by atoms with Gasteiger partial charge in [-0.05, 0) is 18.3 Å². The SMILES string of the molecule is CCCC(C)CC(C)CC(=O)O. The van der Waals surface area contributed by atoms with Gasteiger partial charge in [-0.2, -0.15) is 0 Å². The van der Waals surface area contributed by atoms with E-state index in [0.717, 1.165) is 6.42 Å². The van der Waals surface area contributed by atoms with Crippen molar-refractivity contribution in [2.24, 2.45) is 11.8 Å². The molecule has 0 amide bonds. The first-order chi connectivity index (χ1) is 5.56. The van der Waals surface area contributed by atoms with Crippen molar-refractivity contribution >= 4 is 5.97 Å². The van der Waals surface area contributed by atoms with Gasteiger partial charge >= 0.3 is 5.97 Å². The molecule has 72 valence electrons. The van der Waals surface area contributed by atoms with E-state index in [9.17, 15) is 4.79 Å². The average Bonchev–Trinajstić information content (AvgIpc) is 1.84. The van der Waals surface area contributed by atoms with Gasteiger partial charge in [0, 0.05) is 6.42 Å². The first-order valence-corrected chi connectivity index (χ1v) is 4.78. The van der Waals surface area contributed by atoms with Crippen molar-refractivity contribution < 1.29 is 9.90 Å². The van der Waals surface area contributed by atoms with Crippen molar-refractivity contribution in [3.8, 4) is 0 Å². The Kier molecular flexibility index (Phi) is 5.77. The maximum atomic E-state index is 10.3. The summed E-state index contributed by atoms with van der Waals surface area (Å²) < 4.78 is 0. The van der Waals surface area contributed by atoms with Crippen LogP contribution in [0.4, 0.5) is 0 Å². The van der Waals surface area contributed by atoms with Gasteiger partial charge in [-0.1, -0.05) is 33.6 Å². The molecule has 12 heavy (non-hydrogen) atoms. The Balaban J connectivity index is 3.53. The number of carbonyl (C=O) groups is 1. The van der Waals surface area contributed by atoms with Crippen molar-refractivity contribution in [2.75, 3.05) is 0 Å². The highest BCUT2D eigenvalue weighted by Crippen LogP contribution is 2.18. The monoisotopic (exact) mass is 172 g/mol. The van der Waals surface area contributed by atoms with E-state index in [-0.39, 0.29) is 0 Å². The number of rotatable bonds is 6. The number of hydrogen-bond acceptors (Lipinski definition) is 1. The van der Waals surface area contributed by atoms with Crippen molar-refractivity contribution in [1.82, 2.24) is 0 Å². The van der Waals surface area contributed by atoms with Gasteiger partial charge in [-0.25, -0.2) is 0 Å². The number of carboxylic acids is 1. The molecule has 2 unspecified atom stereocenters. The third-order valence-electron chi connectivity index (χ3n) is 2.11. The Hall–Kier alpha value is -0.530. The van der Waals surface area contributed by atoms with Gasteiger partial charge < -0.3 is 5.11 Å². The Labute approximate surface area is 75.0 Å². The molecule has 0 aliphatic rings. The summed E-state index contributed by atoms with van der Waals surface area (Å²) in [5.74, 6) is 0.319. The molecule has 0 saturated carbocycles. The van der Waals surface area contributed by atoms with Gasteiger partial charge in [0.1, 0.15) is 0 Å². The van der Waals surface area contributed by atoms with Crippen molar-refractivity contribution in [3.63, 3.8) is 0 Å². The summed E-state index contributed by atoms with van der Waals surface area (Å²) in [5, 5.41) is 8.53. The van der Waals surface area contributed by atoms with E-state index in [4.69, 9.17) is 5.11 Å². The second-order valence-corrected chi connectivity index (χ2v) is 3.83. The predicted molar refractivity (Wildman–Crippen MR) is 50.1 cm³/mol. The lowest BCUT2D eigenvalue weighted by Gasteiger charge is -2.14. The minimum atomic E-state index is -0.675. The molecule has 2 atom stereocenters. The molecule has 0 bridgehead atoms. The molecule has 0 fully saturated rings.